The second kappa shape index (κ2) is 29.1. The van der Waals surface area contributed by atoms with E-state index in [0.29, 0.717) is 45.2 Å². The molecule has 312 valence electrons. The van der Waals surface area contributed by atoms with Crippen LogP contribution in [-0.2, 0) is 28.6 Å². The lowest BCUT2D eigenvalue weighted by Gasteiger charge is -2.07. The van der Waals surface area contributed by atoms with Gasteiger partial charge in [-0.05, 0) is 128 Å². The van der Waals surface area contributed by atoms with Crippen LogP contribution in [0.4, 0.5) is 5.69 Å². The fourth-order valence-corrected chi connectivity index (χ4v) is 4.84. The Balaban J connectivity index is 0.000000332. The molecule has 0 saturated carbocycles. The summed E-state index contributed by atoms with van der Waals surface area (Å²) in [6, 6.07) is 32.5. The molecule has 4 rings (SSSR count). The van der Waals surface area contributed by atoms with Crippen LogP contribution in [0, 0.1) is 11.3 Å². The highest BCUT2D eigenvalue weighted by Crippen LogP contribution is 2.18. The van der Waals surface area contributed by atoms with Crippen molar-refractivity contribution in [2.45, 2.75) is 38.5 Å². The third kappa shape index (κ3) is 20.8. The van der Waals surface area contributed by atoms with Crippen molar-refractivity contribution in [1.82, 2.24) is 0 Å². The van der Waals surface area contributed by atoms with E-state index in [1.165, 1.54) is 0 Å². The minimum atomic E-state index is -0.399. The van der Waals surface area contributed by atoms with Gasteiger partial charge in [-0.3, -0.25) is 4.99 Å². The Kier molecular flexibility index (Phi) is 22.9. The average Bonchev–Trinajstić information content (AvgIpc) is 3.29. The molecule has 11 nitrogen and oxygen atoms in total. The summed E-state index contributed by atoms with van der Waals surface area (Å²) in [4.78, 5) is 37.2. The predicted molar refractivity (Wildman–Crippen MR) is 234 cm³/mol. The minimum Gasteiger partial charge on any atom is -0.494 e. The molecule has 0 spiro atoms. The molecule has 0 aliphatic heterocycles. The van der Waals surface area contributed by atoms with Crippen LogP contribution >= 0.6 is 0 Å². The van der Waals surface area contributed by atoms with Crippen LogP contribution in [0.1, 0.15) is 60.8 Å². The lowest BCUT2D eigenvalue weighted by atomic mass is 10.1. The number of unbranched alkanes of at least 4 members (excludes halogenated alkanes) is 3. The van der Waals surface area contributed by atoms with Crippen LogP contribution in [0.3, 0.4) is 0 Å². The number of carbonyl (C=O) groups is 3. The Bertz CT molecular complexity index is 1940. The van der Waals surface area contributed by atoms with Crippen molar-refractivity contribution < 1.29 is 42.8 Å². The van der Waals surface area contributed by atoms with E-state index in [4.69, 9.17) is 33.7 Å². The van der Waals surface area contributed by atoms with Crippen LogP contribution in [0.15, 0.2) is 140 Å². The Morgan fingerprint density at radius 1 is 0.483 bits per heavy atom. The second-order valence-electron chi connectivity index (χ2n) is 12.7. The zero-order valence-electron chi connectivity index (χ0n) is 33.9. The Morgan fingerprint density at radius 3 is 1.15 bits per heavy atom. The lowest BCUT2D eigenvalue weighted by molar-refractivity contribution is -0.138. The van der Waals surface area contributed by atoms with Gasteiger partial charge in [-0.1, -0.05) is 56.2 Å². The molecule has 0 aromatic heterocycles. The number of carbonyl (C=O) groups excluding carboxylic acids is 3. The van der Waals surface area contributed by atoms with Crippen molar-refractivity contribution in [3.8, 4) is 23.3 Å². The number of aliphatic imine (C=N–C) groups is 1. The molecule has 60 heavy (non-hydrogen) atoms. The monoisotopic (exact) mass is 812 g/mol. The summed E-state index contributed by atoms with van der Waals surface area (Å²) in [6.07, 6.45) is 14.0. The maximum absolute atomic E-state index is 11.0. The number of hydrogen-bond donors (Lipinski definition) is 0. The van der Waals surface area contributed by atoms with Gasteiger partial charge in [-0.15, -0.1) is 0 Å². The first-order chi connectivity index (χ1) is 29.3. The molecule has 0 amide bonds. The summed E-state index contributed by atoms with van der Waals surface area (Å²) in [7, 11) is 0. The summed E-state index contributed by atoms with van der Waals surface area (Å²) >= 11 is 0. The molecule has 0 radical (unpaired) electrons. The molecule has 0 heterocycles. The van der Waals surface area contributed by atoms with Gasteiger partial charge >= 0.3 is 17.9 Å². The zero-order chi connectivity index (χ0) is 43.0. The van der Waals surface area contributed by atoms with Crippen LogP contribution in [0.2, 0.25) is 0 Å². The highest BCUT2D eigenvalue weighted by Gasteiger charge is 2.01. The normalized spacial score (nSPS) is 10.4. The molecule has 0 fully saturated rings. The first kappa shape index (κ1) is 47.2. The molecule has 0 N–H and O–H groups in total. The van der Waals surface area contributed by atoms with Crippen molar-refractivity contribution in [1.29, 1.82) is 5.26 Å². The van der Waals surface area contributed by atoms with Crippen LogP contribution < -0.4 is 14.2 Å². The van der Waals surface area contributed by atoms with Gasteiger partial charge in [0.15, 0.2) is 0 Å². The highest BCUT2D eigenvalue weighted by molar-refractivity contribution is 5.82. The Hall–Kier alpha value is -7.19. The number of nitriles is 1. The molecule has 4 aromatic rings. The maximum Gasteiger partial charge on any atom is 0.330 e. The van der Waals surface area contributed by atoms with E-state index < -0.39 is 17.9 Å². The molecule has 0 aliphatic carbocycles. The van der Waals surface area contributed by atoms with E-state index in [1.807, 2.05) is 84.9 Å². The quantitative estimate of drug-likeness (QED) is 0.0158. The Labute approximate surface area is 352 Å². The molecular weight excluding hydrogens is 761 g/mol. The highest BCUT2D eigenvalue weighted by atomic mass is 16.5. The van der Waals surface area contributed by atoms with Gasteiger partial charge < -0.3 is 28.4 Å². The molecule has 0 saturated heterocycles. The number of rotatable bonds is 25. The SMILES string of the molecule is C=CC(=O)OCCCCOc1ccc(C=Cc2ccc(OCCCCOC(=O)C=C)cc2)cc1.C=CC(=O)OCCCCOc1ccc(C=Nc2ccc(C#N)cc2)cc1. The predicted octanol–water partition coefficient (Wildman–Crippen LogP) is 9.83. The van der Waals surface area contributed by atoms with E-state index in [1.54, 1.807) is 30.5 Å². The van der Waals surface area contributed by atoms with Gasteiger partial charge in [0, 0.05) is 24.4 Å². The maximum atomic E-state index is 11.0. The summed E-state index contributed by atoms with van der Waals surface area (Å²) < 4.78 is 31.8. The first-order valence-electron chi connectivity index (χ1n) is 19.6. The van der Waals surface area contributed by atoms with Crippen molar-refractivity contribution in [2.75, 3.05) is 39.6 Å². The third-order valence-corrected chi connectivity index (χ3v) is 8.12. The van der Waals surface area contributed by atoms with Gasteiger partial charge in [-0.25, -0.2) is 14.4 Å². The molecular formula is C49H52N2O9. The Morgan fingerprint density at radius 2 is 0.817 bits per heavy atom. The summed E-state index contributed by atoms with van der Waals surface area (Å²) in [5, 5.41) is 8.78. The van der Waals surface area contributed by atoms with Gasteiger partial charge in [0.1, 0.15) is 17.2 Å². The first-order valence-corrected chi connectivity index (χ1v) is 19.6. The topological polar surface area (TPSA) is 143 Å². The van der Waals surface area contributed by atoms with E-state index >= 15 is 0 Å². The fraction of sp³-hybridized carbons (Fsp3) is 0.245. The number of hydrogen-bond acceptors (Lipinski definition) is 11. The largest absolute Gasteiger partial charge is 0.494 e. The van der Waals surface area contributed by atoms with E-state index in [2.05, 4.69) is 30.8 Å². The molecule has 0 atom stereocenters. The van der Waals surface area contributed by atoms with E-state index in [9.17, 15) is 14.4 Å². The van der Waals surface area contributed by atoms with E-state index in [0.717, 1.165) is 96.4 Å². The van der Waals surface area contributed by atoms with Crippen LogP contribution in [0.5, 0.6) is 17.2 Å². The molecule has 0 bridgehead atoms. The fourth-order valence-electron chi connectivity index (χ4n) is 4.84. The minimum absolute atomic E-state index is 0.374. The van der Waals surface area contributed by atoms with Crippen LogP contribution in [0.25, 0.3) is 12.2 Å². The zero-order valence-corrected chi connectivity index (χ0v) is 33.9. The molecule has 4 aromatic carbocycles. The number of benzene rings is 4. The summed E-state index contributed by atoms with van der Waals surface area (Å²) in [6.45, 7) is 12.9. The van der Waals surface area contributed by atoms with Gasteiger partial charge in [-0.2, -0.15) is 5.26 Å². The summed E-state index contributed by atoms with van der Waals surface area (Å²) in [5.41, 5.74) is 4.51. The van der Waals surface area contributed by atoms with Gasteiger partial charge in [0.25, 0.3) is 0 Å². The molecule has 0 aliphatic rings. The third-order valence-electron chi connectivity index (χ3n) is 8.12. The lowest BCUT2D eigenvalue weighted by Crippen LogP contribution is -2.04. The van der Waals surface area contributed by atoms with Crippen LogP contribution in [-0.4, -0.2) is 63.8 Å². The smallest absolute Gasteiger partial charge is 0.330 e. The van der Waals surface area contributed by atoms with Crippen molar-refractivity contribution >= 4 is 42.0 Å². The summed E-state index contributed by atoms with van der Waals surface area (Å²) in [5.74, 6) is 1.20. The molecule has 11 heteroatoms. The van der Waals surface area contributed by atoms with Crippen molar-refractivity contribution in [3.63, 3.8) is 0 Å². The van der Waals surface area contributed by atoms with E-state index in [-0.39, 0.29) is 0 Å². The van der Waals surface area contributed by atoms with Crippen molar-refractivity contribution in [2.24, 2.45) is 4.99 Å². The molecule has 0 unspecified atom stereocenters. The van der Waals surface area contributed by atoms with Gasteiger partial charge in [0.05, 0.1) is 57.0 Å². The number of esters is 3. The standard InChI is InChI=1S/C28H32O6.C21H20N2O3/c1-3-27(29)33-21-7-5-19-31-25-15-11-23(12-16-25)9-10-24-13-17-26(18-14-24)32-20-6-8-22-34-28(30)4-2;1-2-21(24)26-14-4-3-13-25-20-11-7-18(8-12-20)16-23-19-9-5-17(15-22)6-10-19/h3-4,9-18H,1-2,5-8,19-22H2;2,5-12,16H,1,3-4,13-14H2. The average molecular weight is 813 g/mol. The second-order valence-corrected chi connectivity index (χ2v) is 12.7. The number of nitrogens with zero attached hydrogens (tertiary/aromatic N) is 2. The van der Waals surface area contributed by atoms with Gasteiger partial charge in [0.2, 0.25) is 0 Å². The van der Waals surface area contributed by atoms with Crippen molar-refractivity contribution in [3.05, 3.63) is 157 Å². The number of ether oxygens (including phenoxy) is 6.